The summed E-state index contributed by atoms with van der Waals surface area (Å²) >= 11 is 0. The number of rotatable bonds is 1. The van der Waals surface area contributed by atoms with E-state index in [0.29, 0.717) is 6.42 Å². The first-order valence-electron chi connectivity index (χ1n) is 3.39. The van der Waals surface area contributed by atoms with Crippen LogP contribution in [0.1, 0.15) is 34.1 Å². The van der Waals surface area contributed by atoms with E-state index in [-0.39, 0.29) is 5.41 Å². The first kappa shape index (κ1) is 8.96. The van der Waals surface area contributed by atoms with Crippen molar-refractivity contribution in [2.75, 3.05) is 0 Å². The Morgan fingerprint density at radius 2 is 1.67 bits per heavy atom. The van der Waals surface area contributed by atoms with Gasteiger partial charge in [-0.3, -0.25) is 0 Å². The van der Waals surface area contributed by atoms with Gasteiger partial charge in [-0.1, -0.05) is 27.7 Å². The minimum atomic E-state index is -0.771. The lowest BCUT2D eigenvalue weighted by molar-refractivity contribution is -0.0195. The van der Waals surface area contributed by atoms with E-state index in [2.05, 4.69) is 6.92 Å². The van der Waals surface area contributed by atoms with E-state index in [9.17, 15) is 5.11 Å². The van der Waals surface area contributed by atoms with Gasteiger partial charge in [0.25, 0.3) is 0 Å². The molecule has 0 saturated carbocycles. The monoisotopic (exact) mass is 129 g/mol. The molecule has 0 rings (SSSR count). The van der Waals surface area contributed by atoms with Gasteiger partial charge in [0.2, 0.25) is 0 Å². The van der Waals surface area contributed by atoms with E-state index in [1.165, 1.54) is 0 Å². The summed E-state index contributed by atoms with van der Waals surface area (Å²) in [6, 6.07) is 0. The standard InChI is InChI=1S/C8H17O/c1-6-8(5,9)7(2,3)4/h9H,5-6H2,1-4H3. The molecule has 0 fully saturated rings. The molecule has 0 aromatic heterocycles. The molecule has 0 aliphatic heterocycles. The lowest BCUT2D eigenvalue weighted by atomic mass is 9.76. The molecule has 1 nitrogen and oxygen atoms in total. The molecule has 1 unspecified atom stereocenters. The third-order valence-corrected chi connectivity index (χ3v) is 1.98. The van der Waals surface area contributed by atoms with Crippen molar-refractivity contribution >= 4 is 0 Å². The van der Waals surface area contributed by atoms with E-state index in [0.717, 1.165) is 0 Å². The van der Waals surface area contributed by atoms with Gasteiger partial charge >= 0.3 is 0 Å². The van der Waals surface area contributed by atoms with E-state index in [4.69, 9.17) is 0 Å². The fourth-order valence-electron chi connectivity index (χ4n) is 0.530. The van der Waals surface area contributed by atoms with Gasteiger partial charge in [-0.05, 0) is 18.8 Å². The predicted octanol–water partition coefficient (Wildman–Crippen LogP) is 2.01. The summed E-state index contributed by atoms with van der Waals surface area (Å²) in [4.78, 5) is 0. The van der Waals surface area contributed by atoms with Crippen molar-refractivity contribution in [3.8, 4) is 0 Å². The van der Waals surface area contributed by atoms with Gasteiger partial charge in [-0.15, -0.1) is 0 Å². The van der Waals surface area contributed by atoms with Crippen molar-refractivity contribution in [1.82, 2.24) is 0 Å². The first-order valence-corrected chi connectivity index (χ1v) is 3.39. The van der Waals surface area contributed by atoms with Crippen molar-refractivity contribution in [3.63, 3.8) is 0 Å². The van der Waals surface area contributed by atoms with E-state index in [1.807, 2.05) is 27.7 Å². The molecule has 1 atom stereocenters. The van der Waals surface area contributed by atoms with Crippen LogP contribution in [0.2, 0.25) is 0 Å². The normalized spacial score (nSPS) is 19.3. The zero-order chi connectivity index (χ0) is 7.71. The van der Waals surface area contributed by atoms with E-state index in [1.54, 1.807) is 0 Å². The third-order valence-electron chi connectivity index (χ3n) is 1.98. The van der Waals surface area contributed by atoms with Crippen LogP contribution in [0.25, 0.3) is 0 Å². The van der Waals surface area contributed by atoms with Crippen LogP contribution in [0.15, 0.2) is 0 Å². The summed E-state index contributed by atoms with van der Waals surface area (Å²) in [5.41, 5.74) is -0.880. The number of hydrogen-bond acceptors (Lipinski definition) is 1. The van der Waals surface area contributed by atoms with Gasteiger partial charge in [-0.25, -0.2) is 0 Å². The summed E-state index contributed by atoms with van der Waals surface area (Å²) in [5, 5.41) is 9.55. The quantitative estimate of drug-likeness (QED) is 0.574. The molecule has 0 saturated heterocycles. The summed E-state index contributed by atoms with van der Waals surface area (Å²) in [5.74, 6) is 0. The SMILES string of the molecule is [CH2]C(O)(CC)C(C)(C)C. The lowest BCUT2D eigenvalue weighted by Gasteiger charge is -2.35. The van der Waals surface area contributed by atoms with Crippen molar-refractivity contribution in [2.45, 2.75) is 39.7 Å². The zero-order valence-electron chi connectivity index (χ0n) is 6.86. The Labute approximate surface area is 58.1 Å². The Bertz CT molecular complexity index is 87.2. The molecule has 0 aliphatic rings. The molecule has 0 spiro atoms. The smallest absolute Gasteiger partial charge is 0.0694 e. The van der Waals surface area contributed by atoms with Crippen molar-refractivity contribution in [2.24, 2.45) is 5.41 Å². The van der Waals surface area contributed by atoms with Gasteiger partial charge in [0.05, 0.1) is 5.60 Å². The van der Waals surface area contributed by atoms with Gasteiger partial charge in [0, 0.05) is 0 Å². The molecule has 0 amide bonds. The molecular formula is C8H17O. The molecule has 0 aromatic rings. The van der Waals surface area contributed by atoms with E-state index >= 15 is 0 Å². The van der Waals surface area contributed by atoms with Crippen molar-refractivity contribution in [1.29, 1.82) is 0 Å². The molecular weight excluding hydrogens is 112 g/mol. The van der Waals surface area contributed by atoms with Gasteiger partial charge < -0.3 is 5.11 Å². The maximum absolute atomic E-state index is 9.55. The average molecular weight is 129 g/mol. The largest absolute Gasteiger partial charge is 0.389 e. The second kappa shape index (κ2) is 2.30. The molecule has 1 N–H and O–H groups in total. The molecule has 1 heteroatoms. The Kier molecular flexibility index (Phi) is 2.29. The van der Waals surface area contributed by atoms with Gasteiger partial charge in [-0.2, -0.15) is 0 Å². The fraction of sp³-hybridized carbons (Fsp3) is 0.875. The molecule has 0 heterocycles. The fourth-order valence-corrected chi connectivity index (χ4v) is 0.530. The Morgan fingerprint density at radius 3 is 1.67 bits per heavy atom. The van der Waals surface area contributed by atoms with Crippen LogP contribution in [0.5, 0.6) is 0 Å². The molecule has 0 bridgehead atoms. The molecule has 0 aromatic carbocycles. The highest BCUT2D eigenvalue weighted by molar-refractivity contribution is 4.91. The van der Waals surface area contributed by atoms with Crippen molar-refractivity contribution in [3.05, 3.63) is 6.92 Å². The summed E-state index contributed by atoms with van der Waals surface area (Å²) in [6.45, 7) is 11.6. The van der Waals surface area contributed by atoms with Gasteiger partial charge in [0.1, 0.15) is 0 Å². The summed E-state index contributed by atoms with van der Waals surface area (Å²) < 4.78 is 0. The van der Waals surface area contributed by atoms with Crippen LogP contribution < -0.4 is 0 Å². The topological polar surface area (TPSA) is 20.2 Å². The highest BCUT2D eigenvalue weighted by Crippen LogP contribution is 2.31. The molecule has 9 heavy (non-hydrogen) atoms. The van der Waals surface area contributed by atoms with Crippen LogP contribution in [0.4, 0.5) is 0 Å². The maximum Gasteiger partial charge on any atom is 0.0694 e. The minimum Gasteiger partial charge on any atom is -0.389 e. The highest BCUT2D eigenvalue weighted by atomic mass is 16.3. The average Bonchev–Trinajstić information content (AvgIpc) is 1.64. The predicted molar refractivity (Wildman–Crippen MR) is 40.1 cm³/mol. The lowest BCUT2D eigenvalue weighted by Crippen LogP contribution is -2.39. The Balaban J connectivity index is 4.14. The maximum atomic E-state index is 9.55. The van der Waals surface area contributed by atoms with Crippen LogP contribution in [-0.2, 0) is 0 Å². The van der Waals surface area contributed by atoms with Crippen LogP contribution >= 0.6 is 0 Å². The summed E-state index contributed by atoms with van der Waals surface area (Å²) in [7, 11) is 0. The second-order valence-electron chi connectivity index (χ2n) is 3.64. The number of aliphatic hydroxyl groups is 1. The molecule has 1 radical (unpaired) electrons. The molecule has 0 aliphatic carbocycles. The third kappa shape index (κ3) is 1.98. The van der Waals surface area contributed by atoms with Crippen LogP contribution in [0.3, 0.4) is 0 Å². The van der Waals surface area contributed by atoms with Crippen LogP contribution in [0, 0.1) is 12.3 Å². The minimum absolute atomic E-state index is 0.109. The Hall–Kier alpha value is -0.0400. The second-order valence-corrected chi connectivity index (χ2v) is 3.64. The molecule has 55 valence electrons. The van der Waals surface area contributed by atoms with Gasteiger partial charge in [0.15, 0.2) is 0 Å². The zero-order valence-corrected chi connectivity index (χ0v) is 6.86. The highest BCUT2D eigenvalue weighted by Gasteiger charge is 2.32. The Morgan fingerprint density at radius 1 is 1.33 bits per heavy atom. The van der Waals surface area contributed by atoms with Crippen LogP contribution in [-0.4, -0.2) is 10.7 Å². The number of hydrogen-bond donors (Lipinski definition) is 1. The first-order chi connectivity index (χ1) is 3.81. The summed E-state index contributed by atoms with van der Waals surface area (Å²) in [6.07, 6.45) is 0.705. The van der Waals surface area contributed by atoms with Crippen molar-refractivity contribution < 1.29 is 5.11 Å². The van der Waals surface area contributed by atoms with E-state index < -0.39 is 5.60 Å².